The fourth-order valence-corrected chi connectivity index (χ4v) is 2.88. The van der Waals surface area contributed by atoms with E-state index in [0.717, 1.165) is 38.0 Å². The van der Waals surface area contributed by atoms with Crippen molar-refractivity contribution in [1.29, 1.82) is 0 Å². The van der Waals surface area contributed by atoms with Gasteiger partial charge >= 0.3 is 0 Å². The molecule has 0 radical (unpaired) electrons. The number of ether oxygens (including phenoxy) is 1. The zero-order chi connectivity index (χ0) is 14.4. The average Bonchev–Trinajstić information content (AvgIpc) is 2.94. The lowest BCUT2D eigenvalue weighted by atomic mass is 9.98. The minimum absolute atomic E-state index is 0.107. The number of rotatable bonds is 7. The van der Waals surface area contributed by atoms with E-state index in [1.807, 2.05) is 12.1 Å². The van der Waals surface area contributed by atoms with Gasteiger partial charge in [0.1, 0.15) is 5.82 Å². The molecule has 0 amide bonds. The number of hydrogen-bond acceptors (Lipinski definition) is 2. The van der Waals surface area contributed by atoms with Crippen LogP contribution in [-0.4, -0.2) is 19.3 Å². The molecule has 0 saturated carbocycles. The highest BCUT2D eigenvalue weighted by Gasteiger charge is 2.17. The molecular formula is C17H26FNO. The summed E-state index contributed by atoms with van der Waals surface area (Å²) in [5.74, 6) is -0.107. The van der Waals surface area contributed by atoms with E-state index in [9.17, 15) is 4.39 Å². The second-order valence-electron chi connectivity index (χ2n) is 5.68. The summed E-state index contributed by atoms with van der Waals surface area (Å²) in [6.07, 6.45) is 6.13. The Hall–Kier alpha value is -0.930. The van der Waals surface area contributed by atoms with Gasteiger partial charge in [-0.15, -0.1) is 0 Å². The monoisotopic (exact) mass is 279 g/mol. The molecule has 1 fully saturated rings. The van der Waals surface area contributed by atoms with Gasteiger partial charge in [0, 0.05) is 12.6 Å². The highest BCUT2D eigenvalue weighted by Crippen LogP contribution is 2.24. The average molecular weight is 279 g/mol. The molecule has 1 saturated heterocycles. The van der Waals surface area contributed by atoms with E-state index in [1.54, 1.807) is 13.0 Å². The van der Waals surface area contributed by atoms with Gasteiger partial charge in [0.25, 0.3) is 0 Å². The number of hydrogen-bond donors (Lipinski definition) is 1. The van der Waals surface area contributed by atoms with Gasteiger partial charge in [-0.2, -0.15) is 0 Å². The Morgan fingerprint density at radius 1 is 1.45 bits per heavy atom. The molecular weight excluding hydrogens is 253 g/mol. The van der Waals surface area contributed by atoms with Gasteiger partial charge in [0.2, 0.25) is 0 Å². The van der Waals surface area contributed by atoms with E-state index in [4.69, 9.17) is 4.74 Å². The number of halogens is 1. The minimum Gasteiger partial charge on any atom is -0.378 e. The van der Waals surface area contributed by atoms with E-state index in [1.165, 1.54) is 12.8 Å². The lowest BCUT2D eigenvalue weighted by Crippen LogP contribution is -2.21. The first-order valence-electron chi connectivity index (χ1n) is 7.81. The molecule has 2 atom stereocenters. The van der Waals surface area contributed by atoms with Crippen molar-refractivity contribution in [2.45, 2.75) is 58.1 Å². The predicted octanol–water partition coefficient (Wildman–Crippen LogP) is 4.13. The van der Waals surface area contributed by atoms with Crippen LogP contribution in [0.25, 0.3) is 0 Å². The van der Waals surface area contributed by atoms with Crippen molar-refractivity contribution in [3.05, 3.63) is 35.1 Å². The molecule has 20 heavy (non-hydrogen) atoms. The molecule has 1 heterocycles. The summed E-state index contributed by atoms with van der Waals surface area (Å²) >= 11 is 0. The van der Waals surface area contributed by atoms with Gasteiger partial charge in [-0.05, 0) is 62.8 Å². The van der Waals surface area contributed by atoms with Crippen LogP contribution in [0.3, 0.4) is 0 Å². The summed E-state index contributed by atoms with van der Waals surface area (Å²) in [7, 11) is 0. The Morgan fingerprint density at radius 3 is 2.95 bits per heavy atom. The fourth-order valence-electron chi connectivity index (χ4n) is 2.88. The highest BCUT2D eigenvalue weighted by molar-refractivity contribution is 5.25. The lowest BCUT2D eigenvalue weighted by molar-refractivity contribution is 0.101. The Kier molecular flexibility index (Phi) is 5.99. The summed E-state index contributed by atoms with van der Waals surface area (Å²) in [5, 5.41) is 3.46. The van der Waals surface area contributed by atoms with Crippen molar-refractivity contribution < 1.29 is 9.13 Å². The maximum Gasteiger partial charge on any atom is 0.126 e. The molecule has 1 N–H and O–H groups in total. The Morgan fingerprint density at radius 2 is 2.30 bits per heavy atom. The zero-order valence-corrected chi connectivity index (χ0v) is 12.6. The van der Waals surface area contributed by atoms with E-state index in [0.29, 0.717) is 11.7 Å². The van der Waals surface area contributed by atoms with E-state index in [-0.39, 0.29) is 11.9 Å². The minimum atomic E-state index is -0.107. The van der Waals surface area contributed by atoms with E-state index >= 15 is 0 Å². The fraction of sp³-hybridized carbons (Fsp3) is 0.647. The van der Waals surface area contributed by atoms with Crippen LogP contribution >= 0.6 is 0 Å². The molecule has 0 aliphatic carbocycles. The van der Waals surface area contributed by atoms with Crippen LogP contribution in [-0.2, 0) is 4.74 Å². The molecule has 2 unspecified atom stereocenters. The summed E-state index contributed by atoms with van der Waals surface area (Å²) < 4.78 is 19.4. The predicted molar refractivity (Wildman–Crippen MR) is 80.4 cm³/mol. The molecule has 1 aliphatic heterocycles. The maximum absolute atomic E-state index is 13.7. The maximum atomic E-state index is 13.7. The zero-order valence-electron chi connectivity index (χ0n) is 12.6. The Balaban J connectivity index is 1.89. The van der Waals surface area contributed by atoms with Crippen molar-refractivity contribution in [1.82, 2.24) is 5.32 Å². The molecule has 0 aromatic heterocycles. The van der Waals surface area contributed by atoms with Crippen LogP contribution in [0.1, 0.15) is 56.2 Å². The van der Waals surface area contributed by atoms with Crippen LogP contribution in [0.5, 0.6) is 0 Å². The van der Waals surface area contributed by atoms with Gasteiger partial charge in [0.15, 0.2) is 0 Å². The number of nitrogens with one attached hydrogen (secondary N) is 1. The van der Waals surface area contributed by atoms with E-state index in [2.05, 4.69) is 12.2 Å². The van der Waals surface area contributed by atoms with Crippen molar-refractivity contribution in [3.8, 4) is 0 Å². The van der Waals surface area contributed by atoms with Gasteiger partial charge in [0.05, 0.1) is 6.10 Å². The van der Waals surface area contributed by atoms with Crippen LogP contribution < -0.4 is 5.32 Å². The Bertz CT molecular complexity index is 415. The number of benzene rings is 1. The molecule has 2 rings (SSSR count). The molecule has 0 spiro atoms. The normalized spacial score (nSPS) is 20.2. The SMILES string of the molecule is CCNC(CCCC1CCCO1)c1ccc(C)c(F)c1. The standard InChI is InChI=1S/C17H26FNO/c1-3-19-17(8-4-6-15-7-5-11-20-15)14-10-9-13(2)16(18)12-14/h9-10,12,15,17,19H,3-8,11H2,1-2H3. The summed E-state index contributed by atoms with van der Waals surface area (Å²) in [6, 6.07) is 5.83. The van der Waals surface area contributed by atoms with Gasteiger partial charge < -0.3 is 10.1 Å². The summed E-state index contributed by atoms with van der Waals surface area (Å²) in [5.41, 5.74) is 1.77. The topological polar surface area (TPSA) is 21.3 Å². The van der Waals surface area contributed by atoms with Crippen molar-refractivity contribution >= 4 is 0 Å². The molecule has 1 aromatic carbocycles. The third kappa shape index (κ3) is 4.29. The third-order valence-electron chi connectivity index (χ3n) is 4.09. The van der Waals surface area contributed by atoms with Crippen LogP contribution in [0, 0.1) is 12.7 Å². The van der Waals surface area contributed by atoms with Crippen LogP contribution in [0.2, 0.25) is 0 Å². The first-order chi connectivity index (χ1) is 9.70. The lowest BCUT2D eigenvalue weighted by Gasteiger charge is -2.19. The second kappa shape index (κ2) is 7.75. The highest BCUT2D eigenvalue weighted by atomic mass is 19.1. The summed E-state index contributed by atoms with van der Waals surface area (Å²) in [4.78, 5) is 0. The van der Waals surface area contributed by atoms with Crippen molar-refractivity contribution in [2.75, 3.05) is 13.2 Å². The van der Waals surface area contributed by atoms with Gasteiger partial charge in [-0.25, -0.2) is 4.39 Å². The third-order valence-corrected chi connectivity index (χ3v) is 4.09. The largest absolute Gasteiger partial charge is 0.378 e. The molecule has 1 aromatic rings. The first-order valence-corrected chi connectivity index (χ1v) is 7.81. The van der Waals surface area contributed by atoms with Gasteiger partial charge in [-0.3, -0.25) is 0 Å². The second-order valence-corrected chi connectivity index (χ2v) is 5.68. The molecule has 3 heteroatoms. The molecule has 0 bridgehead atoms. The van der Waals surface area contributed by atoms with Crippen molar-refractivity contribution in [2.24, 2.45) is 0 Å². The summed E-state index contributed by atoms with van der Waals surface area (Å²) in [6.45, 7) is 5.72. The van der Waals surface area contributed by atoms with Gasteiger partial charge in [-0.1, -0.05) is 19.1 Å². The quantitative estimate of drug-likeness (QED) is 0.810. The molecule has 112 valence electrons. The molecule has 2 nitrogen and oxygen atoms in total. The smallest absolute Gasteiger partial charge is 0.126 e. The Labute approximate surface area is 121 Å². The van der Waals surface area contributed by atoms with Crippen LogP contribution in [0.15, 0.2) is 18.2 Å². The first kappa shape index (κ1) is 15.5. The molecule has 1 aliphatic rings. The van der Waals surface area contributed by atoms with E-state index < -0.39 is 0 Å². The number of aryl methyl sites for hydroxylation is 1. The van der Waals surface area contributed by atoms with Crippen LogP contribution in [0.4, 0.5) is 4.39 Å². The van der Waals surface area contributed by atoms with Crippen molar-refractivity contribution in [3.63, 3.8) is 0 Å².